The van der Waals surface area contributed by atoms with Crippen molar-refractivity contribution < 1.29 is 23.8 Å². The van der Waals surface area contributed by atoms with E-state index in [1.165, 1.54) is 21.3 Å². The average Bonchev–Trinajstić information content (AvgIpc) is 3.08. The fourth-order valence-corrected chi connectivity index (χ4v) is 3.25. The van der Waals surface area contributed by atoms with E-state index in [4.69, 9.17) is 14.2 Å². The van der Waals surface area contributed by atoms with E-state index in [2.05, 4.69) is 10.3 Å². The van der Waals surface area contributed by atoms with Gasteiger partial charge in [-0.25, -0.2) is 4.79 Å². The molecule has 156 valence electrons. The largest absolute Gasteiger partial charge is 0.496 e. The third kappa shape index (κ3) is 5.49. The zero-order chi connectivity index (χ0) is 20.0. The second kappa shape index (κ2) is 11.1. The molecule has 1 saturated heterocycles. The molecule has 0 bridgehead atoms. The Hall–Kier alpha value is -2.04. The summed E-state index contributed by atoms with van der Waals surface area (Å²) in [4.78, 5) is 30.1. The second-order valence-electron chi connectivity index (χ2n) is 6.44. The van der Waals surface area contributed by atoms with Gasteiger partial charge in [0.2, 0.25) is 0 Å². The number of benzene rings is 1. The third-order valence-electron chi connectivity index (χ3n) is 4.75. The van der Waals surface area contributed by atoms with E-state index < -0.39 is 5.97 Å². The van der Waals surface area contributed by atoms with Crippen LogP contribution in [0.3, 0.4) is 0 Å². The predicted molar refractivity (Wildman–Crippen MR) is 116 cm³/mol. The van der Waals surface area contributed by atoms with Gasteiger partial charge in [0.05, 0.1) is 27.2 Å². The van der Waals surface area contributed by atoms with Gasteiger partial charge in [0.15, 0.2) is 5.96 Å². The van der Waals surface area contributed by atoms with Crippen molar-refractivity contribution >= 4 is 41.9 Å². The van der Waals surface area contributed by atoms with Crippen molar-refractivity contribution in [2.75, 3.05) is 41.5 Å². The molecule has 0 aromatic heterocycles. The number of carbonyl (C=O) groups is 2. The van der Waals surface area contributed by atoms with E-state index in [1.807, 2.05) is 17.9 Å². The second-order valence-corrected chi connectivity index (χ2v) is 6.44. The summed E-state index contributed by atoms with van der Waals surface area (Å²) in [5.41, 5.74) is 1.25. The highest BCUT2D eigenvalue weighted by Crippen LogP contribution is 2.24. The summed E-state index contributed by atoms with van der Waals surface area (Å²) in [6.45, 7) is 3.77. The van der Waals surface area contributed by atoms with Crippen LogP contribution in [0.5, 0.6) is 5.75 Å². The first-order valence-electron chi connectivity index (χ1n) is 8.73. The molecule has 0 radical (unpaired) electrons. The first-order valence-corrected chi connectivity index (χ1v) is 8.73. The highest BCUT2D eigenvalue weighted by Gasteiger charge is 2.36. The number of ether oxygens (including phenoxy) is 3. The quantitative estimate of drug-likeness (QED) is 0.283. The van der Waals surface area contributed by atoms with Crippen molar-refractivity contribution in [1.29, 1.82) is 0 Å². The molecule has 8 nitrogen and oxygen atoms in total. The first kappa shape index (κ1) is 24.0. The SMILES string of the molecule is CN=C(NCc1ccc(OC)c(C(=O)OC)c1)N1CC(C)C(C(=O)OC)C1.I. The van der Waals surface area contributed by atoms with E-state index >= 15 is 0 Å². The van der Waals surface area contributed by atoms with E-state index in [0.717, 1.165) is 12.1 Å². The van der Waals surface area contributed by atoms with Crippen molar-refractivity contribution in [3.05, 3.63) is 29.3 Å². The van der Waals surface area contributed by atoms with Gasteiger partial charge in [-0.05, 0) is 23.6 Å². The standard InChI is InChI=1S/C19H27N3O5.HI/c1-12-10-22(11-15(12)18(24)27-5)19(20-2)21-9-13-6-7-16(25-3)14(8-13)17(23)26-4;/h6-8,12,15H,9-11H2,1-5H3,(H,20,21);1H. The van der Waals surface area contributed by atoms with Crippen LogP contribution >= 0.6 is 24.0 Å². The monoisotopic (exact) mass is 505 g/mol. The number of hydrogen-bond donors (Lipinski definition) is 1. The van der Waals surface area contributed by atoms with Crippen LogP contribution in [0.4, 0.5) is 0 Å². The Morgan fingerprint density at radius 1 is 1.21 bits per heavy atom. The molecule has 0 spiro atoms. The van der Waals surface area contributed by atoms with E-state index in [1.54, 1.807) is 19.2 Å². The summed E-state index contributed by atoms with van der Waals surface area (Å²) in [6.07, 6.45) is 0. The Morgan fingerprint density at radius 2 is 1.93 bits per heavy atom. The minimum absolute atomic E-state index is 0. The van der Waals surface area contributed by atoms with Crippen molar-refractivity contribution in [3.63, 3.8) is 0 Å². The Balaban J connectivity index is 0.00000392. The van der Waals surface area contributed by atoms with Crippen LogP contribution < -0.4 is 10.1 Å². The average molecular weight is 505 g/mol. The Kier molecular flexibility index (Phi) is 9.50. The molecule has 1 aromatic rings. The number of hydrogen-bond acceptors (Lipinski definition) is 6. The number of nitrogens with zero attached hydrogens (tertiary/aromatic N) is 2. The summed E-state index contributed by atoms with van der Waals surface area (Å²) in [5, 5.41) is 3.28. The summed E-state index contributed by atoms with van der Waals surface area (Å²) in [6, 6.07) is 5.33. The van der Waals surface area contributed by atoms with E-state index in [9.17, 15) is 9.59 Å². The van der Waals surface area contributed by atoms with E-state index in [0.29, 0.717) is 30.4 Å². The molecule has 0 amide bonds. The number of guanidine groups is 1. The summed E-state index contributed by atoms with van der Waals surface area (Å²) < 4.78 is 14.9. The third-order valence-corrected chi connectivity index (χ3v) is 4.75. The number of carbonyl (C=O) groups excluding carboxylic acids is 2. The van der Waals surface area contributed by atoms with Gasteiger partial charge < -0.3 is 24.4 Å². The number of aliphatic imine (C=N–C) groups is 1. The van der Waals surface area contributed by atoms with Crippen molar-refractivity contribution in [2.24, 2.45) is 16.8 Å². The molecule has 1 fully saturated rings. The fraction of sp³-hybridized carbons (Fsp3) is 0.526. The first-order chi connectivity index (χ1) is 12.9. The van der Waals surface area contributed by atoms with Crippen LogP contribution in [-0.4, -0.2) is 64.3 Å². The lowest BCUT2D eigenvalue weighted by Gasteiger charge is -2.21. The van der Waals surface area contributed by atoms with Crippen LogP contribution in [0.25, 0.3) is 0 Å². The van der Waals surface area contributed by atoms with Gasteiger partial charge >= 0.3 is 11.9 Å². The molecule has 9 heteroatoms. The molecular formula is C19H28IN3O5. The maximum absolute atomic E-state index is 11.9. The molecule has 1 heterocycles. The highest BCUT2D eigenvalue weighted by molar-refractivity contribution is 14.0. The molecule has 2 atom stereocenters. The zero-order valence-corrected chi connectivity index (χ0v) is 19.2. The fourth-order valence-electron chi connectivity index (χ4n) is 3.25. The van der Waals surface area contributed by atoms with Crippen molar-refractivity contribution in [1.82, 2.24) is 10.2 Å². The minimum atomic E-state index is -0.452. The molecule has 2 unspecified atom stereocenters. The normalized spacial score (nSPS) is 18.9. The molecule has 1 aromatic carbocycles. The van der Waals surface area contributed by atoms with Gasteiger partial charge in [-0.15, -0.1) is 24.0 Å². The minimum Gasteiger partial charge on any atom is -0.496 e. The number of esters is 2. The number of nitrogens with one attached hydrogen (secondary N) is 1. The summed E-state index contributed by atoms with van der Waals surface area (Å²) >= 11 is 0. The lowest BCUT2D eigenvalue weighted by Crippen LogP contribution is -2.40. The molecule has 1 aliphatic heterocycles. The van der Waals surface area contributed by atoms with Gasteiger partial charge in [-0.1, -0.05) is 13.0 Å². The lowest BCUT2D eigenvalue weighted by atomic mass is 9.99. The lowest BCUT2D eigenvalue weighted by molar-refractivity contribution is -0.145. The van der Waals surface area contributed by atoms with Crippen molar-refractivity contribution in [2.45, 2.75) is 13.5 Å². The molecule has 2 rings (SSSR count). The van der Waals surface area contributed by atoms with Gasteiger partial charge in [0, 0.05) is 26.7 Å². The highest BCUT2D eigenvalue weighted by atomic mass is 127. The van der Waals surface area contributed by atoms with Crippen LogP contribution in [0.15, 0.2) is 23.2 Å². The number of likely N-dealkylation sites (tertiary alicyclic amines) is 1. The number of methoxy groups -OCH3 is 3. The summed E-state index contributed by atoms with van der Waals surface area (Å²) in [5.74, 6) is 0.530. The Labute approximate surface area is 182 Å². The van der Waals surface area contributed by atoms with Gasteiger partial charge in [-0.2, -0.15) is 0 Å². The summed E-state index contributed by atoms with van der Waals surface area (Å²) in [7, 11) is 5.95. The van der Waals surface area contributed by atoms with Crippen LogP contribution in [0.1, 0.15) is 22.8 Å². The molecular weight excluding hydrogens is 477 g/mol. The maximum Gasteiger partial charge on any atom is 0.341 e. The zero-order valence-electron chi connectivity index (χ0n) is 16.9. The molecule has 1 aliphatic rings. The molecule has 0 aliphatic carbocycles. The van der Waals surface area contributed by atoms with Gasteiger partial charge in [0.1, 0.15) is 11.3 Å². The number of halogens is 1. The van der Waals surface area contributed by atoms with Crippen molar-refractivity contribution in [3.8, 4) is 5.75 Å². The van der Waals surface area contributed by atoms with Crippen LogP contribution in [0, 0.1) is 11.8 Å². The van der Waals surface area contributed by atoms with E-state index in [-0.39, 0.29) is 41.8 Å². The molecule has 1 N–H and O–H groups in total. The van der Waals surface area contributed by atoms with Gasteiger partial charge in [-0.3, -0.25) is 9.79 Å². The van der Waals surface area contributed by atoms with Crippen LogP contribution in [-0.2, 0) is 20.8 Å². The maximum atomic E-state index is 11.9. The molecule has 28 heavy (non-hydrogen) atoms. The Bertz CT molecular complexity index is 726. The van der Waals surface area contributed by atoms with Crippen LogP contribution in [0.2, 0.25) is 0 Å². The predicted octanol–water partition coefficient (Wildman–Crippen LogP) is 1.92. The number of rotatable bonds is 5. The van der Waals surface area contributed by atoms with Gasteiger partial charge in [0.25, 0.3) is 0 Å². The smallest absolute Gasteiger partial charge is 0.341 e. The topological polar surface area (TPSA) is 89.5 Å². The molecule has 0 saturated carbocycles. The Morgan fingerprint density at radius 3 is 2.50 bits per heavy atom.